The Kier molecular flexibility index (Phi) is 3.25. The van der Waals surface area contributed by atoms with Gasteiger partial charge in [0.05, 0.1) is 0 Å². The third-order valence-electron chi connectivity index (χ3n) is 4.36. The van der Waals surface area contributed by atoms with Gasteiger partial charge in [-0.3, -0.25) is 0 Å². The van der Waals surface area contributed by atoms with E-state index in [1.165, 1.54) is 43.8 Å². The molecule has 0 nitrogen and oxygen atoms in total. The Morgan fingerprint density at radius 2 is 1.00 bits per heavy atom. The second-order valence-corrected chi connectivity index (χ2v) is 5.76. The zero-order chi connectivity index (χ0) is 14.3. The summed E-state index contributed by atoms with van der Waals surface area (Å²) in [7, 11) is 0. The van der Waals surface area contributed by atoms with Gasteiger partial charge >= 0.3 is 0 Å². The minimum atomic E-state index is 1.10. The van der Waals surface area contributed by atoms with E-state index in [1.54, 1.807) is 0 Å². The van der Waals surface area contributed by atoms with Gasteiger partial charge in [0.2, 0.25) is 0 Å². The van der Waals surface area contributed by atoms with Crippen LogP contribution in [0.25, 0.3) is 21.5 Å². The largest absolute Gasteiger partial charge is 0.0613 e. The first-order chi connectivity index (χ1) is 9.65. The topological polar surface area (TPSA) is 0 Å². The molecule has 0 saturated carbocycles. The molecule has 0 unspecified atom stereocenters. The van der Waals surface area contributed by atoms with Crippen molar-refractivity contribution in [2.45, 2.75) is 40.5 Å². The quantitative estimate of drug-likeness (QED) is 0.517. The van der Waals surface area contributed by atoms with Crippen LogP contribution in [0.5, 0.6) is 0 Å². The number of benzene rings is 3. The molecule has 0 saturated heterocycles. The van der Waals surface area contributed by atoms with E-state index < -0.39 is 0 Å². The van der Waals surface area contributed by atoms with Crippen LogP contribution in [-0.2, 0) is 12.8 Å². The van der Waals surface area contributed by atoms with Crippen molar-refractivity contribution >= 4 is 21.5 Å². The third-order valence-corrected chi connectivity index (χ3v) is 4.36. The fraction of sp³-hybridized carbons (Fsp3) is 0.300. The lowest BCUT2D eigenvalue weighted by atomic mass is 9.88. The molecule has 0 radical (unpaired) electrons. The van der Waals surface area contributed by atoms with E-state index in [0.29, 0.717) is 0 Å². The van der Waals surface area contributed by atoms with Crippen molar-refractivity contribution in [3.63, 3.8) is 0 Å². The highest BCUT2D eigenvalue weighted by Crippen LogP contribution is 2.34. The highest BCUT2D eigenvalue weighted by Gasteiger charge is 2.12. The maximum atomic E-state index is 2.35. The molecule has 102 valence electrons. The van der Waals surface area contributed by atoms with Gasteiger partial charge in [0.15, 0.2) is 0 Å². The summed E-state index contributed by atoms with van der Waals surface area (Å²) < 4.78 is 0. The lowest BCUT2D eigenvalue weighted by Crippen LogP contribution is -1.96. The van der Waals surface area contributed by atoms with Crippen molar-refractivity contribution in [3.05, 3.63) is 58.7 Å². The zero-order valence-electron chi connectivity index (χ0n) is 12.9. The Labute approximate surface area is 121 Å². The molecular weight excluding hydrogens is 240 g/mol. The van der Waals surface area contributed by atoms with E-state index in [-0.39, 0.29) is 0 Å². The number of rotatable bonds is 2. The van der Waals surface area contributed by atoms with Crippen LogP contribution in [0.1, 0.15) is 36.1 Å². The molecule has 0 amide bonds. The summed E-state index contributed by atoms with van der Waals surface area (Å²) in [6.45, 7) is 8.92. The number of hydrogen-bond donors (Lipinski definition) is 0. The predicted octanol–water partition coefficient (Wildman–Crippen LogP) is 5.73. The molecule has 0 aliphatic rings. The molecule has 0 N–H and O–H groups in total. The summed E-state index contributed by atoms with van der Waals surface area (Å²) in [5.74, 6) is 0. The smallest absolute Gasteiger partial charge is 0.0102 e. The normalized spacial score (nSPS) is 11.4. The van der Waals surface area contributed by atoms with Crippen molar-refractivity contribution in [3.8, 4) is 0 Å². The molecule has 3 rings (SSSR count). The van der Waals surface area contributed by atoms with Gasteiger partial charge in [0.25, 0.3) is 0 Å². The lowest BCUT2D eigenvalue weighted by molar-refractivity contribution is 1.06. The highest BCUT2D eigenvalue weighted by atomic mass is 14.2. The Balaban J connectivity index is 2.60. The van der Waals surface area contributed by atoms with Gasteiger partial charge < -0.3 is 0 Å². The van der Waals surface area contributed by atoms with Crippen LogP contribution in [0.3, 0.4) is 0 Å². The van der Waals surface area contributed by atoms with Gasteiger partial charge in [-0.05, 0) is 59.4 Å². The van der Waals surface area contributed by atoms with Crippen LogP contribution >= 0.6 is 0 Å². The van der Waals surface area contributed by atoms with Crippen LogP contribution < -0.4 is 0 Å². The molecule has 0 aliphatic carbocycles. The minimum absolute atomic E-state index is 1.10. The van der Waals surface area contributed by atoms with Crippen molar-refractivity contribution in [1.82, 2.24) is 0 Å². The van der Waals surface area contributed by atoms with Crippen molar-refractivity contribution in [1.29, 1.82) is 0 Å². The molecule has 0 spiro atoms. The molecule has 3 aromatic carbocycles. The molecule has 3 aromatic rings. The van der Waals surface area contributed by atoms with E-state index in [1.807, 2.05) is 0 Å². The van der Waals surface area contributed by atoms with E-state index in [0.717, 1.165) is 12.8 Å². The summed E-state index contributed by atoms with van der Waals surface area (Å²) in [6, 6.07) is 13.8. The average Bonchev–Trinajstić information content (AvgIpc) is 2.45. The Morgan fingerprint density at radius 3 is 1.35 bits per heavy atom. The molecule has 0 aliphatic heterocycles. The van der Waals surface area contributed by atoms with Gasteiger partial charge in [-0.25, -0.2) is 0 Å². The van der Waals surface area contributed by atoms with Crippen molar-refractivity contribution in [2.75, 3.05) is 0 Å². The maximum absolute atomic E-state index is 2.35. The van der Waals surface area contributed by atoms with E-state index in [9.17, 15) is 0 Å². The molecule has 20 heavy (non-hydrogen) atoms. The standard InChI is InChI=1S/C20H22/c1-5-15-16(6-2)20-12-14(4)8-10-18(20)17-9-7-13(3)11-19(15)17/h7-12H,5-6H2,1-4H3. The van der Waals surface area contributed by atoms with Gasteiger partial charge in [0, 0.05) is 0 Å². The zero-order valence-corrected chi connectivity index (χ0v) is 12.9. The monoisotopic (exact) mass is 262 g/mol. The molecule has 0 heteroatoms. The van der Waals surface area contributed by atoms with Crippen LogP contribution in [-0.4, -0.2) is 0 Å². The first-order valence-corrected chi connectivity index (χ1v) is 7.60. The van der Waals surface area contributed by atoms with Gasteiger partial charge in [0.1, 0.15) is 0 Å². The van der Waals surface area contributed by atoms with Gasteiger partial charge in [-0.2, -0.15) is 0 Å². The summed E-state index contributed by atoms with van der Waals surface area (Å²) in [4.78, 5) is 0. The average molecular weight is 262 g/mol. The maximum Gasteiger partial charge on any atom is -0.0102 e. The Hall–Kier alpha value is -1.82. The summed E-state index contributed by atoms with van der Waals surface area (Å²) in [6.07, 6.45) is 2.21. The highest BCUT2D eigenvalue weighted by molar-refractivity contribution is 6.11. The van der Waals surface area contributed by atoms with Crippen LogP contribution in [0.2, 0.25) is 0 Å². The van der Waals surface area contributed by atoms with Gasteiger partial charge in [-0.15, -0.1) is 0 Å². The number of hydrogen-bond acceptors (Lipinski definition) is 0. The molecule has 0 atom stereocenters. The Bertz CT molecular complexity index is 725. The Morgan fingerprint density at radius 1 is 0.600 bits per heavy atom. The molecule has 0 aromatic heterocycles. The fourth-order valence-corrected chi connectivity index (χ4v) is 3.42. The second-order valence-electron chi connectivity index (χ2n) is 5.76. The number of fused-ring (bicyclic) bond motifs is 3. The molecule has 0 heterocycles. The van der Waals surface area contributed by atoms with Crippen molar-refractivity contribution < 1.29 is 0 Å². The van der Waals surface area contributed by atoms with E-state index in [4.69, 9.17) is 0 Å². The first kappa shape index (κ1) is 13.2. The summed E-state index contributed by atoms with van der Waals surface area (Å²) in [5, 5.41) is 5.70. The molecular formula is C20H22. The van der Waals surface area contributed by atoms with E-state index >= 15 is 0 Å². The molecule has 0 fully saturated rings. The van der Waals surface area contributed by atoms with Gasteiger partial charge in [-0.1, -0.05) is 61.4 Å². The van der Waals surface area contributed by atoms with Crippen LogP contribution in [0.4, 0.5) is 0 Å². The SMILES string of the molecule is CCc1c(CC)c2cc(C)ccc2c2ccc(C)cc12. The predicted molar refractivity (Wildman–Crippen MR) is 89.7 cm³/mol. The molecule has 0 bridgehead atoms. The van der Waals surface area contributed by atoms with Crippen molar-refractivity contribution in [2.24, 2.45) is 0 Å². The third kappa shape index (κ3) is 1.91. The van der Waals surface area contributed by atoms with Crippen LogP contribution in [0, 0.1) is 13.8 Å². The minimum Gasteiger partial charge on any atom is -0.0613 e. The fourth-order valence-electron chi connectivity index (χ4n) is 3.42. The first-order valence-electron chi connectivity index (χ1n) is 7.60. The summed E-state index contributed by atoms with van der Waals surface area (Å²) >= 11 is 0. The summed E-state index contributed by atoms with van der Waals surface area (Å²) in [5.41, 5.74) is 5.76. The van der Waals surface area contributed by atoms with Crippen LogP contribution in [0.15, 0.2) is 36.4 Å². The number of aryl methyl sites for hydroxylation is 4. The lowest BCUT2D eigenvalue weighted by Gasteiger charge is -2.16. The second kappa shape index (κ2) is 4.94. The van der Waals surface area contributed by atoms with E-state index in [2.05, 4.69) is 64.1 Å².